The zero-order valence-corrected chi connectivity index (χ0v) is 20.2. The Hall–Kier alpha value is -1.44. The minimum Gasteiger partial charge on any atom is -0.497 e. The highest BCUT2D eigenvalue weighted by atomic mass is 35.5. The number of hydrogen-bond donors (Lipinski definition) is 0. The first-order valence-corrected chi connectivity index (χ1v) is 12.0. The molecule has 1 fully saturated rings. The predicted molar refractivity (Wildman–Crippen MR) is 128 cm³/mol. The summed E-state index contributed by atoms with van der Waals surface area (Å²) in [7, 11) is 3.34. The standard InChI is InChI=1S/C23H28Cl2N2O3S/c1-29-12-3-10-26(15-18-4-7-19(24)14-21(18)25)16-22(28)27-11-13-31-23(27)17-5-8-20(30-2)9-6-17/h4-9,14,23H,3,10-13,15-16H2,1-2H3/t23-/m1/s1. The highest BCUT2D eigenvalue weighted by Gasteiger charge is 2.31. The number of ether oxygens (including phenoxy) is 2. The molecule has 3 rings (SSSR count). The molecule has 0 aromatic heterocycles. The molecule has 1 aliphatic rings. The molecule has 1 amide bonds. The monoisotopic (exact) mass is 482 g/mol. The van der Waals surface area contributed by atoms with E-state index >= 15 is 0 Å². The van der Waals surface area contributed by atoms with Crippen molar-refractivity contribution in [3.63, 3.8) is 0 Å². The summed E-state index contributed by atoms with van der Waals surface area (Å²) in [5, 5.41) is 1.25. The van der Waals surface area contributed by atoms with Crippen LogP contribution >= 0.6 is 35.0 Å². The molecule has 0 unspecified atom stereocenters. The minimum atomic E-state index is 0.0263. The van der Waals surface area contributed by atoms with Gasteiger partial charge in [-0.3, -0.25) is 9.69 Å². The van der Waals surface area contributed by atoms with Gasteiger partial charge in [0.05, 0.1) is 13.7 Å². The maximum atomic E-state index is 13.3. The van der Waals surface area contributed by atoms with Crippen LogP contribution in [0.2, 0.25) is 10.0 Å². The zero-order chi connectivity index (χ0) is 22.2. The molecule has 0 N–H and O–H groups in total. The molecule has 0 spiro atoms. The molecule has 0 radical (unpaired) electrons. The molecular formula is C23H28Cl2N2O3S. The summed E-state index contributed by atoms with van der Waals surface area (Å²) in [6.45, 7) is 3.04. The van der Waals surface area contributed by atoms with E-state index in [0.717, 1.165) is 42.1 Å². The fraction of sp³-hybridized carbons (Fsp3) is 0.435. The van der Waals surface area contributed by atoms with E-state index in [1.165, 1.54) is 0 Å². The molecule has 8 heteroatoms. The number of methoxy groups -OCH3 is 2. The molecule has 2 aromatic carbocycles. The second-order valence-electron chi connectivity index (χ2n) is 7.38. The summed E-state index contributed by atoms with van der Waals surface area (Å²) in [6.07, 6.45) is 0.839. The van der Waals surface area contributed by atoms with Crippen LogP contribution in [-0.2, 0) is 16.1 Å². The lowest BCUT2D eigenvalue weighted by Crippen LogP contribution is -2.40. The summed E-state index contributed by atoms with van der Waals surface area (Å²) < 4.78 is 10.5. The Labute approximate surface area is 198 Å². The van der Waals surface area contributed by atoms with Crippen LogP contribution in [0.1, 0.15) is 22.9 Å². The van der Waals surface area contributed by atoms with Crippen LogP contribution in [0.5, 0.6) is 5.75 Å². The number of thioether (sulfide) groups is 1. The van der Waals surface area contributed by atoms with E-state index in [0.29, 0.717) is 29.7 Å². The Kier molecular flexibility index (Phi) is 9.35. The van der Waals surface area contributed by atoms with Crippen molar-refractivity contribution >= 4 is 40.9 Å². The fourth-order valence-corrected chi connectivity index (χ4v) is 5.34. The molecule has 2 aromatic rings. The number of rotatable bonds is 10. The average molecular weight is 483 g/mol. The molecule has 1 heterocycles. The molecule has 0 saturated carbocycles. The van der Waals surface area contributed by atoms with Gasteiger partial charge >= 0.3 is 0 Å². The number of amides is 1. The van der Waals surface area contributed by atoms with Crippen LogP contribution in [-0.4, -0.2) is 61.9 Å². The van der Waals surface area contributed by atoms with Crippen LogP contribution in [0.3, 0.4) is 0 Å². The topological polar surface area (TPSA) is 42.0 Å². The lowest BCUT2D eigenvalue weighted by Gasteiger charge is -2.28. The predicted octanol–water partition coefficient (Wildman–Crippen LogP) is 5.11. The Bertz CT molecular complexity index is 866. The molecular weight excluding hydrogens is 455 g/mol. The molecule has 1 atom stereocenters. The Morgan fingerprint density at radius 1 is 1.19 bits per heavy atom. The molecule has 0 bridgehead atoms. The van der Waals surface area contributed by atoms with Gasteiger partial charge in [0.15, 0.2) is 0 Å². The Morgan fingerprint density at radius 2 is 1.97 bits per heavy atom. The molecule has 1 saturated heterocycles. The maximum Gasteiger partial charge on any atom is 0.237 e. The van der Waals surface area contributed by atoms with Crippen LogP contribution in [0.4, 0.5) is 0 Å². The lowest BCUT2D eigenvalue weighted by atomic mass is 10.2. The average Bonchev–Trinajstić information content (AvgIpc) is 3.26. The quantitative estimate of drug-likeness (QED) is 0.439. The van der Waals surface area contributed by atoms with Gasteiger partial charge in [0.2, 0.25) is 5.91 Å². The number of benzene rings is 2. The lowest BCUT2D eigenvalue weighted by molar-refractivity contribution is -0.132. The molecule has 1 aliphatic heterocycles. The van der Waals surface area contributed by atoms with Crippen molar-refractivity contribution in [2.45, 2.75) is 18.3 Å². The third-order valence-corrected chi connectivity index (χ3v) is 7.05. The molecule has 5 nitrogen and oxygen atoms in total. The Balaban J connectivity index is 1.70. The van der Waals surface area contributed by atoms with Crippen molar-refractivity contribution in [3.8, 4) is 5.75 Å². The number of carbonyl (C=O) groups is 1. The van der Waals surface area contributed by atoms with Gasteiger partial charge in [0, 0.05) is 49.1 Å². The van der Waals surface area contributed by atoms with Crippen molar-refractivity contribution in [1.82, 2.24) is 9.80 Å². The highest BCUT2D eigenvalue weighted by Crippen LogP contribution is 2.38. The number of nitrogens with zero attached hydrogens (tertiary/aromatic N) is 2. The SMILES string of the molecule is COCCCN(CC(=O)N1CCS[C@@H]1c1ccc(OC)cc1)Cc1ccc(Cl)cc1Cl. The number of hydrogen-bond acceptors (Lipinski definition) is 5. The first-order chi connectivity index (χ1) is 15.0. The van der Waals surface area contributed by atoms with Gasteiger partial charge in [-0.1, -0.05) is 41.4 Å². The van der Waals surface area contributed by atoms with Crippen molar-refractivity contribution < 1.29 is 14.3 Å². The molecule has 168 valence electrons. The van der Waals surface area contributed by atoms with Crippen LogP contribution in [0, 0.1) is 0 Å². The molecule has 31 heavy (non-hydrogen) atoms. The van der Waals surface area contributed by atoms with Gasteiger partial charge in [-0.2, -0.15) is 0 Å². The number of halogens is 2. The third kappa shape index (κ3) is 6.77. The van der Waals surface area contributed by atoms with Gasteiger partial charge in [-0.25, -0.2) is 0 Å². The second kappa shape index (κ2) is 12.0. The van der Waals surface area contributed by atoms with Crippen molar-refractivity contribution in [3.05, 3.63) is 63.6 Å². The van der Waals surface area contributed by atoms with Gasteiger partial charge in [-0.15, -0.1) is 11.8 Å². The van der Waals surface area contributed by atoms with E-state index in [-0.39, 0.29) is 11.3 Å². The number of carbonyl (C=O) groups excluding carboxylic acids is 1. The molecule has 0 aliphatic carbocycles. The first-order valence-electron chi connectivity index (χ1n) is 10.2. The van der Waals surface area contributed by atoms with Crippen molar-refractivity contribution in [2.24, 2.45) is 0 Å². The van der Waals surface area contributed by atoms with Crippen molar-refractivity contribution in [2.75, 3.05) is 46.2 Å². The van der Waals surface area contributed by atoms with E-state index in [1.54, 1.807) is 32.0 Å². The normalized spacial score (nSPS) is 16.2. The zero-order valence-electron chi connectivity index (χ0n) is 17.9. The second-order valence-corrected chi connectivity index (χ2v) is 9.41. The summed E-state index contributed by atoms with van der Waals surface area (Å²) >= 11 is 14.2. The summed E-state index contributed by atoms with van der Waals surface area (Å²) in [5.41, 5.74) is 2.07. The van der Waals surface area contributed by atoms with E-state index in [4.69, 9.17) is 32.7 Å². The van der Waals surface area contributed by atoms with E-state index in [1.807, 2.05) is 41.3 Å². The van der Waals surface area contributed by atoms with Crippen LogP contribution in [0.15, 0.2) is 42.5 Å². The largest absolute Gasteiger partial charge is 0.497 e. The Morgan fingerprint density at radius 3 is 2.65 bits per heavy atom. The van der Waals surface area contributed by atoms with E-state index in [9.17, 15) is 4.79 Å². The van der Waals surface area contributed by atoms with Gasteiger partial charge < -0.3 is 14.4 Å². The van der Waals surface area contributed by atoms with Gasteiger partial charge in [-0.05, 0) is 41.8 Å². The maximum absolute atomic E-state index is 13.3. The summed E-state index contributed by atoms with van der Waals surface area (Å²) in [4.78, 5) is 17.4. The minimum absolute atomic E-state index is 0.0263. The van der Waals surface area contributed by atoms with Crippen LogP contribution in [0.25, 0.3) is 0 Å². The first kappa shape index (κ1) is 24.2. The smallest absolute Gasteiger partial charge is 0.237 e. The van der Waals surface area contributed by atoms with E-state index in [2.05, 4.69) is 4.90 Å². The van der Waals surface area contributed by atoms with Gasteiger partial charge in [0.25, 0.3) is 0 Å². The third-order valence-electron chi connectivity index (χ3n) is 5.20. The highest BCUT2D eigenvalue weighted by molar-refractivity contribution is 7.99. The summed E-state index contributed by atoms with van der Waals surface area (Å²) in [5.74, 6) is 1.86. The van der Waals surface area contributed by atoms with Crippen LogP contribution < -0.4 is 4.74 Å². The van der Waals surface area contributed by atoms with Crippen molar-refractivity contribution in [1.29, 1.82) is 0 Å². The van der Waals surface area contributed by atoms with Gasteiger partial charge in [0.1, 0.15) is 11.1 Å². The van der Waals surface area contributed by atoms with E-state index < -0.39 is 0 Å². The summed E-state index contributed by atoms with van der Waals surface area (Å²) in [6, 6.07) is 13.4. The fourth-order valence-electron chi connectivity index (χ4n) is 3.59.